The van der Waals surface area contributed by atoms with Crippen molar-refractivity contribution in [2.75, 3.05) is 19.6 Å². The Kier molecular flexibility index (Phi) is 7.88. The van der Waals surface area contributed by atoms with Crippen molar-refractivity contribution >= 4 is 27.8 Å². The maximum atomic E-state index is 6.40. The minimum atomic E-state index is -1.24. The molecule has 0 aromatic heterocycles. The van der Waals surface area contributed by atoms with E-state index >= 15 is 0 Å². The molecule has 1 aromatic rings. The zero-order valence-corrected chi connectivity index (χ0v) is 18.6. The quantitative estimate of drug-likeness (QED) is 0.537. The van der Waals surface area contributed by atoms with Crippen LogP contribution < -0.4 is 4.18 Å². The summed E-state index contributed by atoms with van der Waals surface area (Å²) in [5.41, 5.74) is 3.97. The Morgan fingerprint density at radius 3 is 2.35 bits per heavy atom. The van der Waals surface area contributed by atoms with E-state index in [4.69, 9.17) is 4.18 Å². The highest BCUT2D eigenvalue weighted by Crippen LogP contribution is 2.53. The van der Waals surface area contributed by atoms with Gasteiger partial charge in [-0.25, -0.2) is 0 Å². The van der Waals surface area contributed by atoms with Crippen molar-refractivity contribution < 1.29 is 4.18 Å². The number of aliphatic imine (C=N–C) groups is 2. The minimum Gasteiger partial charge on any atom is -0.449 e. The molecular weight excluding hydrogens is 340 g/mol. The molecule has 0 amide bonds. The van der Waals surface area contributed by atoms with Gasteiger partial charge in [-0.2, -0.15) is 0 Å². The molecule has 1 aromatic carbocycles. The van der Waals surface area contributed by atoms with E-state index in [1.807, 2.05) is 51.3 Å². The van der Waals surface area contributed by atoms with Gasteiger partial charge in [-0.05, 0) is 77.8 Å². The Labute approximate surface area is 161 Å². The predicted octanol–water partition coefficient (Wildman–Crippen LogP) is 6.31. The molecule has 0 bridgehead atoms. The Hall–Kier alpha value is -1.81. The highest BCUT2D eigenvalue weighted by atomic mass is 32.3. The summed E-state index contributed by atoms with van der Waals surface area (Å²) in [6.07, 6.45) is 10.3. The molecule has 0 saturated heterocycles. The van der Waals surface area contributed by atoms with E-state index in [9.17, 15) is 0 Å². The Balaban J connectivity index is 3.34. The second-order valence-electron chi connectivity index (χ2n) is 7.60. The highest BCUT2D eigenvalue weighted by molar-refractivity contribution is 8.30. The van der Waals surface area contributed by atoms with E-state index in [0.717, 1.165) is 28.3 Å². The lowest BCUT2D eigenvalue weighted by Gasteiger charge is -2.43. The zero-order chi connectivity index (χ0) is 20.0. The van der Waals surface area contributed by atoms with Crippen LogP contribution in [0.3, 0.4) is 0 Å². The van der Waals surface area contributed by atoms with Crippen molar-refractivity contribution in [3.8, 4) is 5.75 Å². The second kappa shape index (κ2) is 9.22. The lowest BCUT2D eigenvalue weighted by Crippen LogP contribution is -2.27. The Bertz CT molecular complexity index is 735. The van der Waals surface area contributed by atoms with Crippen LogP contribution in [0.5, 0.6) is 5.75 Å². The molecule has 0 spiro atoms. The standard InChI is InChI=1S/C22H34N2OS/c1-10-12-17(2)24-18(3)21(16-23-7)19-13-11-14-20(15-19)25-26(8,9)22(4,5)6/h10-16H,1-9H3/b12-10-,21-18-,23-16?,24-17-. The van der Waals surface area contributed by atoms with Crippen molar-refractivity contribution in [1.29, 1.82) is 0 Å². The van der Waals surface area contributed by atoms with E-state index in [0.29, 0.717) is 0 Å². The van der Waals surface area contributed by atoms with Crippen LogP contribution in [-0.2, 0) is 0 Å². The fraction of sp³-hybridized carbons (Fsp3) is 0.455. The second-order valence-corrected chi connectivity index (χ2v) is 11.5. The highest BCUT2D eigenvalue weighted by Gasteiger charge is 2.30. The largest absolute Gasteiger partial charge is 0.449 e. The molecular formula is C22H34N2OS. The molecule has 0 aliphatic heterocycles. The van der Waals surface area contributed by atoms with Crippen LogP contribution in [0.1, 0.15) is 47.1 Å². The summed E-state index contributed by atoms with van der Waals surface area (Å²) in [4.78, 5) is 8.91. The molecule has 0 atom stereocenters. The van der Waals surface area contributed by atoms with Crippen molar-refractivity contribution in [3.05, 3.63) is 47.7 Å². The first kappa shape index (κ1) is 22.2. The van der Waals surface area contributed by atoms with Gasteiger partial charge >= 0.3 is 0 Å². The van der Waals surface area contributed by atoms with Crippen LogP contribution in [0.2, 0.25) is 0 Å². The predicted molar refractivity (Wildman–Crippen MR) is 121 cm³/mol. The summed E-state index contributed by atoms with van der Waals surface area (Å²) in [5.74, 6) is 0.890. The average molecular weight is 375 g/mol. The SMILES string of the molecule is C\C=C/C(C)=N\C(C)=C(\C=NC)c1cccc(OS(C)(C)C(C)(C)C)c1. The minimum absolute atomic E-state index is 0.108. The maximum absolute atomic E-state index is 6.40. The van der Waals surface area contributed by atoms with E-state index in [-0.39, 0.29) is 4.75 Å². The fourth-order valence-electron chi connectivity index (χ4n) is 2.19. The summed E-state index contributed by atoms with van der Waals surface area (Å²) in [6, 6.07) is 8.21. The van der Waals surface area contributed by atoms with Gasteiger partial charge in [0.2, 0.25) is 0 Å². The van der Waals surface area contributed by atoms with Gasteiger partial charge in [0, 0.05) is 35.0 Å². The van der Waals surface area contributed by atoms with Crippen LogP contribution in [-0.4, -0.2) is 36.2 Å². The molecule has 0 radical (unpaired) electrons. The van der Waals surface area contributed by atoms with Crippen molar-refractivity contribution in [1.82, 2.24) is 0 Å². The average Bonchev–Trinajstić information content (AvgIpc) is 2.51. The van der Waals surface area contributed by atoms with Crippen LogP contribution in [0, 0.1) is 0 Å². The molecule has 0 fully saturated rings. The number of hydrogen-bond acceptors (Lipinski definition) is 3. The molecule has 144 valence electrons. The van der Waals surface area contributed by atoms with Gasteiger partial charge in [-0.3, -0.25) is 9.98 Å². The van der Waals surface area contributed by atoms with Gasteiger partial charge in [0.1, 0.15) is 5.75 Å². The monoisotopic (exact) mass is 374 g/mol. The molecule has 3 nitrogen and oxygen atoms in total. The maximum Gasteiger partial charge on any atom is 0.135 e. The van der Waals surface area contributed by atoms with Gasteiger partial charge < -0.3 is 4.18 Å². The fourth-order valence-corrected chi connectivity index (χ4v) is 3.02. The van der Waals surface area contributed by atoms with Crippen LogP contribution >= 0.6 is 10.3 Å². The third-order valence-corrected chi connectivity index (χ3v) is 7.88. The van der Waals surface area contributed by atoms with Crippen LogP contribution in [0.15, 0.2) is 52.1 Å². The molecule has 0 N–H and O–H groups in total. The number of nitrogens with zero attached hydrogens (tertiary/aromatic N) is 2. The smallest absolute Gasteiger partial charge is 0.135 e. The van der Waals surface area contributed by atoms with Gasteiger partial charge in [0.15, 0.2) is 0 Å². The first-order valence-corrected chi connectivity index (χ1v) is 11.2. The van der Waals surface area contributed by atoms with Crippen LogP contribution in [0.25, 0.3) is 5.57 Å². The first-order valence-electron chi connectivity index (χ1n) is 8.85. The van der Waals surface area contributed by atoms with Gasteiger partial charge in [0.05, 0.1) is 0 Å². The van der Waals surface area contributed by atoms with Gasteiger partial charge in [-0.1, -0.05) is 28.5 Å². The molecule has 0 saturated carbocycles. The summed E-state index contributed by atoms with van der Waals surface area (Å²) in [7, 11) is 0.542. The number of hydrogen-bond donors (Lipinski definition) is 0. The van der Waals surface area contributed by atoms with E-state index < -0.39 is 10.3 Å². The summed E-state index contributed by atoms with van der Waals surface area (Å²) in [6.45, 7) is 12.7. The zero-order valence-electron chi connectivity index (χ0n) is 17.8. The van der Waals surface area contributed by atoms with E-state index in [1.54, 1.807) is 7.05 Å². The number of allylic oxidation sites excluding steroid dienone is 4. The summed E-state index contributed by atoms with van der Waals surface area (Å²) >= 11 is 0. The third-order valence-electron chi connectivity index (χ3n) is 4.32. The van der Waals surface area contributed by atoms with Crippen molar-refractivity contribution in [2.24, 2.45) is 9.98 Å². The van der Waals surface area contributed by atoms with Crippen molar-refractivity contribution in [3.63, 3.8) is 0 Å². The van der Waals surface area contributed by atoms with Crippen LogP contribution in [0.4, 0.5) is 0 Å². The third kappa shape index (κ3) is 6.17. The van der Waals surface area contributed by atoms with Gasteiger partial charge in [-0.15, -0.1) is 0 Å². The van der Waals surface area contributed by atoms with Gasteiger partial charge in [0.25, 0.3) is 0 Å². The Morgan fingerprint density at radius 1 is 1.15 bits per heavy atom. The summed E-state index contributed by atoms with van der Waals surface area (Å²) < 4.78 is 6.51. The number of benzene rings is 1. The molecule has 0 heterocycles. The molecule has 0 aliphatic rings. The molecule has 0 aliphatic carbocycles. The number of rotatable bonds is 6. The first-order chi connectivity index (χ1) is 12.0. The van der Waals surface area contributed by atoms with E-state index in [1.165, 1.54) is 0 Å². The molecule has 0 unspecified atom stereocenters. The molecule has 4 heteroatoms. The van der Waals surface area contributed by atoms with E-state index in [2.05, 4.69) is 55.4 Å². The van der Waals surface area contributed by atoms with Crippen molar-refractivity contribution in [2.45, 2.75) is 46.3 Å². The molecule has 1 rings (SSSR count). The normalized spacial score (nSPS) is 15.5. The molecule has 26 heavy (non-hydrogen) atoms. The lowest BCUT2D eigenvalue weighted by molar-refractivity contribution is 0.586. The lowest BCUT2D eigenvalue weighted by atomic mass is 10.0. The summed E-state index contributed by atoms with van der Waals surface area (Å²) in [5, 5.41) is 0. The Morgan fingerprint density at radius 2 is 1.81 bits per heavy atom. The topological polar surface area (TPSA) is 34.0 Å².